The molecular weight excluding hydrogens is 869 g/mol. The predicted octanol–water partition coefficient (Wildman–Crippen LogP) is 9.32. The summed E-state index contributed by atoms with van der Waals surface area (Å²) in [6.07, 6.45) is 11.9. The molecule has 0 unspecified atom stereocenters. The Balaban J connectivity index is 0.816. The van der Waals surface area contributed by atoms with Gasteiger partial charge >= 0.3 is 0 Å². The van der Waals surface area contributed by atoms with Gasteiger partial charge in [0.2, 0.25) is 0 Å². The number of piperidine rings is 1. The molecule has 2 N–H and O–H groups in total. The molecule has 3 aromatic heterocycles. The molecule has 2 aliphatic rings. The van der Waals surface area contributed by atoms with E-state index in [4.69, 9.17) is 26.3 Å². The fourth-order valence-corrected chi connectivity index (χ4v) is 9.96. The van der Waals surface area contributed by atoms with Crippen LogP contribution in [0.4, 0.5) is 10.2 Å². The summed E-state index contributed by atoms with van der Waals surface area (Å²) in [6, 6.07) is 22.0. The number of hydrogen-bond acceptors (Lipinski definition) is 10. The quantitative estimate of drug-likeness (QED) is 0.114. The van der Waals surface area contributed by atoms with Crippen molar-refractivity contribution in [3.63, 3.8) is 0 Å². The summed E-state index contributed by atoms with van der Waals surface area (Å²) in [5.74, 6) is 1.23. The van der Waals surface area contributed by atoms with E-state index in [1.165, 1.54) is 28.8 Å². The van der Waals surface area contributed by atoms with Crippen molar-refractivity contribution in [3.8, 4) is 34.4 Å². The number of carbonyl (C=O) groups is 1. The van der Waals surface area contributed by atoms with Gasteiger partial charge in [0.15, 0.2) is 32.9 Å². The SMILES string of the molecule is CCS(=O)(=O)c1ccc(Oc2ccc(CCC3CCN(c4ccc(C(=O)NC5CCCC(Oc6ccc(C#N)c(Cl)c6)CCC5)nn4)CC3)cc2F)c(-c2cn(C)c(=O)c3[nH]ccc23)c1. The number of fused-ring (bicyclic) bond motifs is 1. The molecule has 65 heavy (non-hydrogen) atoms. The topological polar surface area (TPSA) is 172 Å². The number of benzene rings is 3. The Labute approximate surface area is 382 Å². The first-order chi connectivity index (χ1) is 31.4. The molecule has 1 amide bonds. The van der Waals surface area contributed by atoms with E-state index in [1.54, 1.807) is 62.8 Å². The molecule has 1 aliphatic heterocycles. The smallest absolute Gasteiger partial charge is 0.274 e. The zero-order valence-electron chi connectivity index (χ0n) is 36.4. The van der Waals surface area contributed by atoms with Gasteiger partial charge in [-0.1, -0.05) is 24.6 Å². The van der Waals surface area contributed by atoms with Crippen molar-refractivity contribution in [3.05, 3.63) is 123 Å². The minimum absolute atomic E-state index is 0.00220. The van der Waals surface area contributed by atoms with Crippen LogP contribution in [0.5, 0.6) is 17.2 Å². The van der Waals surface area contributed by atoms with Crippen LogP contribution in [0, 0.1) is 23.1 Å². The fraction of sp³-hybridized carbons (Fsp3) is 0.367. The third-order valence-electron chi connectivity index (χ3n) is 12.6. The summed E-state index contributed by atoms with van der Waals surface area (Å²) in [6.45, 7) is 3.16. The van der Waals surface area contributed by atoms with Crippen LogP contribution in [0.2, 0.25) is 5.02 Å². The summed E-state index contributed by atoms with van der Waals surface area (Å²) in [4.78, 5) is 31.2. The van der Waals surface area contributed by atoms with E-state index in [0.717, 1.165) is 82.3 Å². The molecule has 8 rings (SSSR count). The molecule has 3 aromatic carbocycles. The van der Waals surface area contributed by atoms with Gasteiger partial charge in [-0.2, -0.15) is 5.26 Å². The normalized spacial score (nSPS) is 17.2. The molecule has 0 atom stereocenters. The maximum Gasteiger partial charge on any atom is 0.274 e. The number of pyridine rings is 1. The van der Waals surface area contributed by atoms with Gasteiger partial charge < -0.3 is 29.2 Å². The highest BCUT2D eigenvalue weighted by Gasteiger charge is 2.25. The number of nitrogens with one attached hydrogen (secondary N) is 2. The number of ether oxygens (including phenoxy) is 2. The van der Waals surface area contributed by atoms with Crippen molar-refractivity contribution in [1.82, 2.24) is 25.1 Å². The average molecular weight is 921 g/mol. The summed E-state index contributed by atoms with van der Waals surface area (Å²) in [5, 5.41) is 22.0. The Bertz CT molecular complexity index is 2900. The molecular formula is C49H51ClFN7O6S. The number of aromatic nitrogens is 4. The van der Waals surface area contributed by atoms with Crippen LogP contribution in [-0.2, 0) is 23.3 Å². The molecule has 0 spiro atoms. The highest BCUT2D eigenvalue weighted by Crippen LogP contribution is 2.39. The number of sulfone groups is 1. The minimum atomic E-state index is -3.58. The van der Waals surface area contributed by atoms with Crippen LogP contribution in [-0.4, -0.2) is 65.1 Å². The van der Waals surface area contributed by atoms with E-state index in [-0.39, 0.29) is 51.5 Å². The number of nitriles is 1. The molecule has 0 radical (unpaired) electrons. The lowest BCUT2D eigenvalue weighted by Gasteiger charge is -2.32. The Morgan fingerprint density at radius 1 is 0.954 bits per heavy atom. The third kappa shape index (κ3) is 10.5. The van der Waals surface area contributed by atoms with Crippen molar-refractivity contribution < 1.29 is 27.1 Å². The molecule has 4 heterocycles. The van der Waals surface area contributed by atoms with Crippen LogP contribution >= 0.6 is 11.6 Å². The number of H-pyrrole nitrogens is 1. The Hall–Kier alpha value is -6.24. The molecule has 2 fully saturated rings. The van der Waals surface area contributed by atoms with E-state index in [2.05, 4.69) is 31.5 Å². The van der Waals surface area contributed by atoms with Gasteiger partial charge in [-0.05, 0) is 136 Å². The maximum absolute atomic E-state index is 15.7. The van der Waals surface area contributed by atoms with Gasteiger partial charge in [0.1, 0.15) is 23.1 Å². The molecule has 6 aromatic rings. The lowest BCUT2D eigenvalue weighted by molar-refractivity contribution is 0.0917. The van der Waals surface area contributed by atoms with E-state index in [9.17, 15) is 18.0 Å². The number of carbonyl (C=O) groups excluding carboxylic acids is 1. The molecule has 1 aliphatic carbocycles. The highest BCUT2D eigenvalue weighted by molar-refractivity contribution is 7.91. The van der Waals surface area contributed by atoms with Crippen LogP contribution in [0.3, 0.4) is 0 Å². The molecule has 16 heteroatoms. The van der Waals surface area contributed by atoms with E-state index >= 15 is 4.39 Å². The van der Waals surface area contributed by atoms with Crippen LogP contribution in [0.1, 0.15) is 86.3 Å². The van der Waals surface area contributed by atoms with Crippen LogP contribution in [0.15, 0.2) is 94.9 Å². The largest absolute Gasteiger partial charge is 0.490 e. The van der Waals surface area contributed by atoms with Gasteiger partial charge in [0.05, 0.1) is 27.3 Å². The fourth-order valence-electron chi connectivity index (χ4n) is 8.84. The van der Waals surface area contributed by atoms with Gasteiger partial charge in [0.25, 0.3) is 11.5 Å². The second-order valence-electron chi connectivity index (χ2n) is 16.9. The maximum atomic E-state index is 15.7. The molecule has 338 valence electrons. The molecule has 13 nitrogen and oxygen atoms in total. The number of hydrogen-bond donors (Lipinski definition) is 2. The van der Waals surface area contributed by atoms with Gasteiger partial charge in [-0.15, -0.1) is 10.2 Å². The van der Waals surface area contributed by atoms with Crippen molar-refractivity contribution in [2.45, 2.75) is 88.2 Å². The highest BCUT2D eigenvalue weighted by atomic mass is 35.5. The molecule has 0 bridgehead atoms. The van der Waals surface area contributed by atoms with Crippen molar-refractivity contribution in [2.75, 3.05) is 23.7 Å². The number of amides is 1. The lowest BCUT2D eigenvalue weighted by atomic mass is 9.90. The van der Waals surface area contributed by atoms with Gasteiger partial charge in [0, 0.05) is 61.2 Å². The Morgan fingerprint density at radius 2 is 1.72 bits per heavy atom. The number of nitrogens with zero attached hydrogens (tertiary/aromatic N) is 5. The van der Waals surface area contributed by atoms with Crippen molar-refractivity contribution in [2.24, 2.45) is 13.0 Å². The zero-order chi connectivity index (χ0) is 45.7. The van der Waals surface area contributed by atoms with Gasteiger partial charge in [-0.25, -0.2) is 12.8 Å². The van der Waals surface area contributed by atoms with Crippen molar-refractivity contribution >= 4 is 44.1 Å². The van der Waals surface area contributed by atoms with Gasteiger partial charge in [-0.3, -0.25) is 9.59 Å². The molecule has 1 saturated carbocycles. The van der Waals surface area contributed by atoms with Crippen LogP contribution in [0.25, 0.3) is 22.0 Å². The van der Waals surface area contributed by atoms with E-state index < -0.39 is 15.7 Å². The standard InChI is InChI=1S/C49H51ClFN7O6S/c1-3-65(61,62)37-15-18-44(39(28-37)40-30-57(2)49(60)47-38(40)20-23-53-47)64-45-17-12-32(26-42(45)51)11-10-31-21-24-58(25-22-31)46-19-16-43(55-56-46)48(59)54-34-6-4-8-35(9-5-7-34)63-36-14-13-33(29-52)41(50)27-36/h12-20,23,26-28,30-31,34-35,53H,3-11,21-22,24-25H2,1-2H3,(H,54,59). The first-order valence-corrected chi connectivity index (χ1v) is 24.2. The number of rotatable bonds is 13. The zero-order valence-corrected chi connectivity index (χ0v) is 37.9. The number of anilines is 1. The first-order valence-electron chi connectivity index (χ1n) is 22.1. The second kappa shape index (κ2) is 19.9. The number of aryl methyl sites for hydroxylation is 2. The summed E-state index contributed by atoms with van der Waals surface area (Å²) in [7, 11) is -1.96. The number of aromatic amines is 1. The monoisotopic (exact) mass is 919 g/mol. The minimum Gasteiger partial charge on any atom is -0.490 e. The van der Waals surface area contributed by atoms with E-state index in [1.807, 2.05) is 12.1 Å². The lowest BCUT2D eigenvalue weighted by Crippen LogP contribution is -2.37. The second-order valence-corrected chi connectivity index (χ2v) is 19.6. The number of halogens is 2. The average Bonchev–Trinajstić information content (AvgIpc) is 3.80. The summed E-state index contributed by atoms with van der Waals surface area (Å²) >= 11 is 6.18. The molecule has 1 saturated heterocycles. The third-order valence-corrected chi connectivity index (χ3v) is 14.7. The Morgan fingerprint density at radius 3 is 2.42 bits per heavy atom. The summed E-state index contributed by atoms with van der Waals surface area (Å²) in [5.41, 5.74) is 2.67. The Kier molecular flexibility index (Phi) is 13.9. The van der Waals surface area contributed by atoms with Crippen LogP contribution < -0.4 is 25.2 Å². The van der Waals surface area contributed by atoms with E-state index in [0.29, 0.717) is 50.7 Å². The predicted molar refractivity (Wildman–Crippen MR) is 248 cm³/mol. The first kappa shape index (κ1) is 45.3. The summed E-state index contributed by atoms with van der Waals surface area (Å²) < 4.78 is 55.3. The van der Waals surface area contributed by atoms with Crippen molar-refractivity contribution in [1.29, 1.82) is 5.26 Å².